The van der Waals surface area contributed by atoms with E-state index in [9.17, 15) is 4.79 Å². The zero-order valence-corrected chi connectivity index (χ0v) is 9.39. The van der Waals surface area contributed by atoms with Crippen LogP contribution in [0.5, 0.6) is 0 Å². The summed E-state index contributed by atoms with van der Waals surface area (Å²) in [7, 11) is 2.02. The summed E-state index contributed by atoms with van der Waals surface area (Å²) in [6, 6.07) is 0. The second-order valence-corrected chi connectivity index (χ2v) is 3.49. The molecule has 0 bridgehead atoms. The minimum absolute atomic E-state index is 0. The van der Waals surface area contributed by atoms with Gasteiger partial charge < -0.3 is 9.64 Å². The number of ether oxygens (including phenoxy) is 1. The Morgan fingerprint density at radius 3 is 2.93 bits per heavy atom. The molecule has 14 heavy (non-hydrogen) atoms. The molecule has 1 atom stereocenters. The van der Waals surface area contributed by atoms with E-state index in [4.69, 9.17) is 4.74 Å². The highest BCUT2D eigenvalue weighted by atomic mass is 35.5. The Kier molecular flexibility index (Phi) is 6.58. The largest absolute Gasteiger partial charge is 0.465 e. The first-order valence-corrected chi connectivity index (χ1v) is 4.70. The molecule has 1 aliphatic heterocycles. The first-order chi connectivity index (χ1) is 6.24. The third kappa shape index (κ3) is 4.11. The second-order valence-electron chi connectivity index (χ2n) is 3.49. The summed E-state index contributed by atoms with van der Waals surface area (Å²) in [4.78, 5) is 13.5. The Hall–Kier alpha value is -0.540. The molecule has 0 saturated carbocycles. The van der Waals surface area contributed by atoms with Gasteiger partial charge in [0, 0.05) is 6.54 Å². The van der Waals surface area contributed by atoms with Crippen LogP contribution < -0.4 is 0 Å². The molecule has 1 aliphatic rings. The number of halogens is 1. The van der Waals surface area contributed by atoms with E-state index in [2.05, 4.69) is 11.5 Å². The van der Waals surface area contributed by atoms with Crippen molar-refractivity contribution in [3.8, 4) is 0 Å². The maximum absolute atomic E-state index is 11.4. The van der Waals surface area contributed by atoms with Crippen LogP contribution in [0.2, 0.25) is 0 Å². The molecule has 82 valence electrons. The number of esters is 1. The predicted octanol–water partition coefficient (Wildman–Crippen LogP) is 1.48. The lowest BCUT2D eigenvalue weighted by Gasteiger charge is -2.09. The maximum atomic E-state index is 11.4. The van der Waals surface area contributed by atoms with Crippen molar-refractivity contribution in [2.24, 2.45) is 5.92 Å². The highest BCUT2D eigenvalue weighted by Gasteiger charge is 2.26. The van der Waals surface area contributed by atoms with Gasteiger partial charge in [-0.05, 0) is 26.4 Å². The third-order valence-electron chi connectivity index (χ3n) is 2.29. The van der Waals surface area contributed by atoms with E-state index in [1.807, 2.05) is 7.05 Å². The molecule has 1 fully saturated rings. The van der Waals surface area contributed by atoms with Crippen molar-refractivity contribution in [2.75, 3.05) is 26.7 Å². The molecule has 1 heterocycles. The quantitative estimate of drug-likeness (QED) is 0.408. The van der Waals surface area contributed by atoms with Gasteiger partial charge in [0.25, 0.3) is 0 Å². The van der Waals surface area contributed by atoms with Crippen molar-refractivity contribution in [1.29, 1.82) is 0 Å². The molecular weight excluding hydrogens is 202 g/mol. The Balaban J connectivity index is 0.00000169. The van der Waals surface area contributed by atoms with Crippen LogP contribution in [0.3, 0.4) is 0 Å². The smallest absolute Gasteiger partial charge is 0.310 e. The van der Waals surface area contributed by atoms with E-state index in [1.54, 1.807) is 6.08 Å². The highest BCUT2D eigenvalue weighted by Crippen LogP contribution is 2.15. The minimum atomic E-state index is -0.0498. The van der Waals surface area contributed by atoms with E-state index < -0.39 is 0 Å². The van der Waals surface area contributed by atoms with Gasteiger partial charge in [0.1, 0.15) is 0 Å². The number of carbonyl (C=O) groups is 1. The lowest BCUT2D eigenvalue weighted by Crippen LogP contribution is -2.21. The first kappa shape index (κ1) is 13.5. The van der Waals surface area contributed by atoms with Crippen LogP contribution in [-0.4, -0.2) is 37.6 Å². The standard InChI is InChI=1S/C10H17NO2.ClH/c1-3-4-7-13-10(12)9-5-6-11(2)8-9;/h3,9H,1,4-8H2,2H3;1H. The molecule has 0 aromatic carbocycles. The molecule has 1 saturated heterocycles. The number of rotatable bonds is 4. The minimum Gasteiger partial charge on any atom is -0.465 e. The molecule has 0 radical (unpaired) electrons. The Morgan fingerprint density at radius 2 is 2.43 bits per heavy atom. The van der Waals surface area contributed by atoms with Gasteiger partial charge in [-0.15, -0.1) is 19.0 Å². The number of likely N-dealkylation sites (tertiary alicyclic amines) is 1. The molecule has 3 nitrogen and oxygen atoms in total. The number of carbonyl (C=O) groups excluding carboxylic acids is 1. The second kappa shape index (κ2) is 6.85. The fraction of sp³-hybridized carbons (Fsp3) is 0.700. The van der Waals surface area contributed by atoms with Gasteiger partial charge in [0.2, 0.25) is 0 Å². The van der Waals surface area contributed by atoms with Crippen molar-refractivity contribution in [2.45, 2.75) is 12.8 Å². The SMILES string of the molecule is C=CCCOC(=O)C1CCN(C)C1.Cl. The lowest BCUT2D eigenvalue weighted by atomic mass is 10.1. The lowest BCUT2D eigenvalue weighted by molar-refractivity contribution is -0.147. The van der Waals surface area contributed by atoms with Crippen molar-refractivity contribution < 1.29 is 9.53 Å². The molecular formula is C10H18ClNO2. The molecule has 4 heteroatoms. The average Bonchev–Trinajstić information content (AvgIpc) is 2.52. The van der Waals surface area contributed by atoms with Gasteiger partial charge in [-0.3, -0.25) is 4.79 Å². The summed E-state index contributed by atoms with van der Waals surface area (Å²) >= 11 is 0. The zero-order chi connectivity index (χ0) is 9.68. The fourth-order valence-electron chi connectivity index (χ4n) is 1.49. The van der Waals surface area contributed by atoms with Crippen LogP contribution in [0.25, 0.3) is 0 Å². The Labute approximate surface area is 91.5 Å². The van der Waals surface area contributed by atoms with E-state index in [0.29, 0.717) is 6.61 Å². The summed E-state index contributed by atoms with van der Waals surface area (Å²) in [5.41, 5.74) is 0. The number of nitrogens with zero attached hydrogens (tertiary/aromatic N) is 1. The molecule has 1 unspecified atom stereocenters. The Bertz CT molecular complexity index is 197. The maximum Gasteiger partial charge on any atom is 0.310 e. The summed E-state index contributed by atoms with van der Waals surface area (Å²) in [6.45, 7) is 5.88. The van der Waals surface area contributed by atoms with Gasteiger partial charge in [0.15, 0.2) is 0 Å². The average molecular weight is 220 g/mol. The van der Waals surface area contributed by atoms with E-state index in [-0.39, 0.29) is 24.3 Å². The van der Waals surface area contributed by atoms with Gasteiger partial charge in [0.05, 0.1) is 12.5 Å². The normalized spacial score (nSPS) is 21.4. The van der Waals surface area contributed by atoms with Crippen LogP contribution in [0.4, 0.5) is 0 Å². The molecule has 1 rings (SSSR count). The van der Waals surface area contributed by atoms with Crippen molar-refractivity contribution in [1.82, 2.24) is 4.90 Å². The number of hydrogen-bond acceptors (Lipinski definition) is 3. The van der Waals surface area contributed by atoms with Crippen LogP contribution in [0.15, 0.2) is 12.7 Å². The highest BCUT2D eigenvalue weighted by molar-refractivity contribution is 5.85. The first-order valence-electron chi connectivity index (χ1n) is 4.70. The van der Waals surface area contributed by atoms with E-state index in [0.717, 1.165) is 25.9 Å². The van der Waals surface area contributed by atoms with Gasteiger partial charge >= 0.3 is 5.97 Å². The van der Waals surface area contributed by atoms with Crippen LogP contribution in [0.1, 0.15) is 12.8 Å². The summed E-state index contributed by atoms with van der Waals surface area (Å²) in [6.07, 6.45) is 3.44. The molecule has 0 N–H and O–H groups in total. The molecule has 0 aromatic rings. The summed E-state index contributed by atoms with van der Waals surface area (Å²) < 4.78 is 5.08. The van der Waals surface area contributed by atoms with Crippen LogP contribution in [-0.2, 0) is 9.53 Å². The van der Waals surface area contributed by atoms with Crippen molar-refractivity contribution in [3.63, 3.8) is 0 Å². The van der Waals surface area contributed by atoms with E-state index >= 15 is 0 Å². The third-order valence-corrected chi connectivity index (χ3v) is 2.29. The van der Waals surface area contributed by atoms with Crippen molar-refractivity contribution >= 4 is 18.4 Å². The molecule has 0 aromatic heterocycles. The van der Waals surface area contributed by atoms with Crippen LogP contribution >= 0.6 is 12.4 Å². The van der Waals surface area contributed by atoms with Crippen LogP contribution in [0, 0.1) is 5.92 Å². The summed E-state index contributed by atoms with van der Waals surface area (Å²) in [5, 5.41) is 0. The molecule has 0 amide bonds. The topological polar surface area (TPSA) is 29.5 Å². The van der Waals surface area contributed by atoms with E-state index in [1.165, 1.54) is 0 Å². The zero-order valence-electron chi connectivity index (χ0n) is 8.57. The predicted molar refractivity (Wildman–Crippen MR) is 58.6 cm³/mol. The fourth-order valence-corrected chi connectivity index (χ4v) is 1.49. The van der Waals surface area contributed by atoms with Gasteiger partial charge in [-0.2, -0.15) is 0 Å². The summed E-state index contributed by atoms with van der Waals surface area (Å²) in [5.74, 6) is 0.0426. The van der Waals surface area contributed by atoms with Gasteiger partial charge in [-0.1, -0.05) is 6.08 Å². The Morgan fingerprint density at radius 1 is 1.71 bits per heavy atom. The molecule has 0 spiro atoms. The van der Waals surface area contributed by atoms with Gasteiger partial charge in [-0.25, -0.2) is 0 Å². The molecule has 0 aliphatic carbocycles. The monoisotopic (exact) mass is 219 g/mol. The van der Waals surface area contributed by atoms with Crippen molar-refractivity contribution in [3.05, 3.63) is 12.7 Å². The number of hydrogen-bond donors (Lipinski definition) is 0.